The minimum Gasteiger partial charge on any atom is -0.336 e. The van der Waals surface area contributed by atoms with Crippen LogP contribution in [0.3, 0.4) is 0 Å². The Bertz CT molecular complexity index is 5350. The molecule has 2 aliphatic rings. The second-order valence-electron chi connectivity index (χ2n) is 21.6. The zero-order valence-electron chi connectivity index (χ0n) is 76.8. The number of rotatable bonds is 26. The number of thioether (sulfide) groups is 2. The number of likely N-dealkylation sites (N-methyl/N-ethyl adjacent to an activating group) is 2. The van der Waals surface area contributed by atoms with Crippen molar-refractivity contribution in [3.05, 3.63) is 233 Å². The monoisotopic (exact) mass is 1380 g/mol. The summed E-state index contributed by atoms with van der Waals surface area (Å²) in [4.78, 5) is 69.6. The molecule has 0 fully saturated rings. The van der Waals surface area contributed by atoms with Gasteiger partial charge in [-0.1, -0.05) is 149 Å². The maximum absolute atomic E-state index is 14.7. The zero-order valence-corrected chi connectivity index (χ0v) is 54.4. The maximum atomic E-state index is 14.7. The summed E-state index contributed by atoms with van der Waals surface area (Å²) in [5.41, 5.74) is -7.76. The third-order valence-electron chi connectivity index (χ3n) is 15.3. The van der Waals surface area contributed by atoms with Gasteiger partial charge in [-0.2, -0.15) is 36.3 Å². The van der Waals surface area contributed by atoms with Crippen LogP contribution in [0.1, 0.15) is 135 Å². The van der Waals surface area contributed by atoms with Crippen molar-refractivity contribution >= 4 is 35.3 Å². The van der Waals surface area contributed by atoms with Crippen molar-refractivity contribution in [1.29, 1.82) is 0 Å². The number of fused-ring (bicyclic) bond motifs is 2. The van der Waals surface area contributed by atoms with E-state index in [-0.39, 0.29) is 59.3 Å². The fourth-order valence-corrected chi connectivity index (χ4v) is 11.8. The summed E-state index contributed by atoms with van der Waals surface area (Å²) >= 11 is 1.34. The summed E-state index contributed by atoms with van der Waals surface area (Å²) < 4.78 is 317. The smallest absolute Gasteiger partial charge is 0.336 e. The minimum atomic E-state index is -5.29. The number of hydrogen-bond donors (Lipinski definition) is 0. The van der Waals surface area contributed by atoms with E-state index in [1.807, 2.05) is 37.5 Å². The number of hydrogen-bond acceptors (Lipinski definition) is 10. The lowest BCUT2D eigenvalue weighted by Crippen LogP contribution is -2.40. The van der Waals surface area contributed by atoms with Crippen molar-refractivity contribution in [3.63, 3.8) is 0 Å². The number of carbonyl (C=O) groups is 2. The first-order valence-electron chi connectivity index (χ1n) is 42.3. The quantitative estimate of drug-likeness (QED) is 0.0295. The van der Waals surface area contributed by atoms with E-state index in [4.69, 9.17) is 27.4 Å². The Morgan fingerprint density at radius 1 is 0.573 bits per heavy atom. The van der Waals surface area contributed by atoms with Crippen LogP contribution in [0.25, 0.3) is 22.3 Å². The molecular formula is C74H80F8N8O4S2. The normalized spacial score (nSPS) is 19.3. The molecule has 6 aromatic carbocycles. The Hall–Kier alpha value is -7.92. The van der Waals surface area contributed by atoms with E-state index in [2.05, 4.69) is 9.97 Å². The molecule has 8 aromatic rings. The first kappa shape index (κ1) is 46.3. The van der Waals surface area contributed by atoms with E-state index in [0.29, 0.717) is 79.6 Å². The van der Waals surface area contributed by atoms with Crippen LogP contribution in [0.2, 0.25) is 0 Å². The molecule has 0 bridgehead atoms. The van der Waals surface area contributed by atoms with Crippen LogP contribution in [0, 0.1) is 24.5 Å². The minimum absolute atomic E-state index is 0.0380. The van der Waals surface area contributed by atoms with Crippen molar-refractivity contribution in [2.75, 3.05) is 52.4 Å². The number of aromatic nitrogens is 4. The number of amides is 2. The Morgan fingerprint density at radius 3 is 1.54 bits per heavy atom. The van der Waals surface area contributed by atoms with Gasteiger partial charge in [0.1, 0.15) is 24.7 Å². The molecule has 0 N–H and O–H groups in total. The third kappa shape index (κ3) is 19.0. The lowest BCUT2D eigenvalue weighted by molar-refractivity contribution is -0.138. The van der Waals surface area contributed by atoms with Crippen LogP contribution in [0.4, 0.5) is 35.1 Å². The van der Waals surface area contributed by atoms with E-state index in [1.54, 1.807) is 0 Å². The molecule has 2 heterocycles. The topological polar surface area (TPSA) is 117 Å². The predicted molar refractivity (Wildman–Crippen MR) is 362 cm³/mol. The van der Waals surface area contributed by atoms with Crippen molar-refractivity contribution in [2.45, 2.75) is 134 Å². The molecule has 0 spiro atoms. The Balaban J connectivity index is 0.000000273. The van der Waals surface area contributed by atoms with Gasteiger partial charge in [-0.15, -0.1) is 0 Å². The molecule has 1 atom stereocenters. The van der Waals surface area contributed by atoms with Gasteiger partial charge in [0, 0.05) is 80.0 Å². The van der Waals surface area contributed by atoms with Crippen LogP contribution in [0.15, 0.2) is 159 Å². The van der Waals surface area contributed by atoms with E-state index < -0.39 is 232 Å². The molecule has 1 unspecified atom stereocenters. The molecule has 2 aromatic heterocycles. The second-order valence-corrected chi connectivity index (χ2v) is 23.5. The largest absolute Gasteiger partial charge is 0.416 e. The molecule has 96 heavy (non-hydrogen) atoms. The highest BCUT2D eigenvalue weighted by molar-refractivity contribution is 7.98. The summed E-state index contributed by atoms with van der Waals surface area (Å²) in [5, 5.41) is -0.546. The van der Waals surface area contributed by atoms with E-state index in [1.165, 1.54) is 47.9 Å². The molecule has 2 aliphatic carbocycles. The summed E-state index contributed by atoms with van der Waals surface area (Å²) in [7, 11) is 0. The van der Waals surface area contributed by atoms with Gasteiger partial charge in [-0.05, 0) is 169 Å². The van der Waals surface area contributed by atoms with Crippen LogP contribution in [-0.2, 0) is 85.1 Å². The van der Waals surface area contributed by atoms with Gasteiger partial charge in [-0.3, -0.25) is 19.2 Å². The number of alkyl halides is 6. The lowest BCUT2D eigenvalue weighted by atomic mass is 9.98. The van der Waals surface area contributed by atoms with E-state index in [9.17, 15) is 59.8 Å². The van der Waals surface area contributed by atoms with Gasteiger partial charge in [0.2, 0.25) is 11.8 Å². The fourth-order valence-electron chi connectivity index (χ4n) is 10.0. The lowest BCUT2D eigenvalue weighted by Gasteiger charge is -2.28. The number of halogens is 8. The van der Waals surface area contributed by atoms with Gasteiger partial charge in [0.25, 0.3) is 11.1 Å². The van der Waals surface area contributed by atoms with Gasteiger partial charge < -0.3 is 28.7 Å². The molecule has 12 nitrogen and oxygen atoms in total. The Kier molecular flexibility index (Phi) is 15.9. The van der Waals surface area contributed by atoms with Gasteiger partial charge in [0.05, 0.1) is 37.2 Å². The SMILES string of the molecule is [2H]c1c([2H])c(CSc2nc(=O)c3c(n2CC(=O)N(CCN(CC)CC)C([2H])([2H])c2c([2H])c([2H])c(-c4c([2H])c([2H])c(C(F)(F)F)c([2H])c4[2H])c([2H])c2C)CCC3)c([2H])c([2H])c1F.[2H]c1c([2H])c(CSc2nc(=O)c3c(n2CC(=O)N(CCN(CC)CC)C([2H])([2H])c2ccc(-c4ccc(C(F)(F)F)cc4)cc2)C([2H])([2H])C([2H])(C)C3([2H])[2H])c([2H])c([2H])c1F. The van der Waals surface area contributed by atoms with Crippen LogP contribution >= 0.6 is 23.5 Å². The van der Waals surface area contributed by atoms with Crippen LogP contribution < -0.4 is 11.1 Å². The van der Waals surface area contributed by atoms with Crippen molar-refractivity contribution in [3.8, 4) is 22.3 Å². The first-order valence-corrected chi connectivity index (χ1v) is 32.2. The highest BCUT2D eigenvalue weighted by atomic mass is 32.2. The summed E-state index contributed by atoms with van der Waals surface area (Å²) in [5.74, 6) is -8.16. The Labute approximate surface area is 597 Å². The zero-order chi connectivity index (χ0) is 90.0. The number of nitrogens with zero attached hydrogens (tertiary/aromatic N) is 8. The fraction of sp³-hybridized carbons (Fsp3) is 0.378. The van der Waals surface area contributed by atoms with Crippen molar-refractivity contribution < 1.29 is 77.6 Å². The van der Waals surface area contributed by atoms with E-state index in [0.717, 1.165) is 45.2 Å². The predicted octanol–water partition coefficient (Wildman–Crippen LogP) is 15.0. The van der Waals surface area contributed by atoms with Crippen molar-refractivity contribution in [1.82, 2.24) is 38.7 Å². The molecule has 0 radical (unpaired) electrons. The second kappa shape index (κ2) is 32.9. The highest BCUT2D eigenvalue weighted by Gasteiger charge is 2.33. The van der Waals surface area contributed by atoms with Gasteiger partial charge in [-0.25, -0.2) is 8.78 Å². The maximum Gasteiger partial charge on any atom is 0.416 e. The van der Waals surface area contributed by atoms with Gasteiger partial charge >= 0.3 is 12.4 Å². The molecule has 508 valence electrons. The molecule has 0 saturated carbocycles. The van der Waals surface area contributed by atoms with Crippen molar-refractivity contribution in [2.24, 2.45) is 5.89 Å². The summed E-state index contributed by atoms with van der Waals surface area (Å²) in [6.45, 7) is 3.96. The average Bonchev–Trinajstić information content (AvgIpc) is 1.52. The highest BCUT2D eigenvalue weighted by Crippen LogP contribution is 2.35. The molecule has 0 aliphatic heterocycles. The third-order valence-corrected chi connectivity index (χ3v) is 17.3. The van der Waals surface area contributed by atoms with Crippen LogP contribution in [-0.4, -0.2) is 103 Å². The van der Waals surface area contributed by atoms with E-state index >= 15 is 0 Å². The standard InChI is InChI=1S/2C37H40F4N4O2S/c1-4-43(5-2)18-19-44(22-26-6-10-28(11-7-26)29-12-14-30(15-13-29)37(39,40)41)34(46)23-45-33-21-25(3)20-32(33)35(47)42-36(45)48-24-27-8-16-31(38)17-9-27;1-4-43(5-2)19-20-44(22-29-12-11-28(21-25(29)3)27-13-15-30(16-14-27)37(39,40)41)34(46)23-45-33-8-6-7-32(33)35(47)42-36(45)48-24-26-9-17-31(38)18-10-26/h6-17,25H,4-5,18-24H2,1-3H3;9-18,21H,4-8,19-20,22-24H2,1-3H3/i8D,9D,16D,17D,20D2,21D2,22D2,25D;9D,10D,11D,12D,13D,14D,15D,16D,17D,18D,21D,22D2. The molecule has 22 heteroatoms. The first-order chi connectivity index (χ1) is 55.6. The Morgan fingerprint density at radius 2 is 1.04 bits per heavy atom. The molecule has 2 amide bonds. The average molecular weight is 1390 g/mol. The van der Waals surface area contributed by atoms with Gasteiger partial charge in [0.15, 0.2) is 10.3 Å². The molecule has 0 saturated heterocycles. The summed E-state index contributed by atoms with van der Waals surface area (Å²) in [6, 6.07) is -4.63. The molecular weight excluding hydrogens is 1280 g/mol. The molecule has 10 rings (SSSR count). The van der Waals surface area contributed by atoms with Crippen LogP contribution in [0.5, 0.6) is 0 Å². The summed E-state index contributed by atoms with van der Waals surface area (Å²) in [6.07, 6.45) is -14.6. The number of carbonyl (C=O) groups excluding carboxylic acids is 2. The number of benzene rings is 6.